The number of aliphatic imine (C=N–C) groups is 1. The lowest BCUT2D eigenvalue weighted by Gasteiger charge is -2.27. The summed E-state index contributed by atoms with van der Waals surface area (Å²) in [6, 6.07) is 5.08. The average Bonchev–Trinajstić information content (AvgIpc) is 2.47. The van der Waals surface area contributed by atoms with Crippen LogP contribution in [-0.2, 0) is 14.3 Å². The zero-order chi connectivity index (χ0) is 14.9. The van der Waals surface area contributed by atoms with Crippen molar-refractivity contribution in [2.45, 2.75) is 4.90 Å². The molecule has 0 atom stereocenters. The third-order valence-electron chi connectivity index (χ3n) is 2.96. The molecule has 7 heteroatoms. The van der Waals surface area contributed by atoms with Crippen molar-refractivity contribution in [2.75, 3.05) is 6.54 Å². The maximum absolute atomic E-state index is 13.6. The molecule has 0 saturated heterocycles. The number of halogens is 1. The van der Waals surface area contributed by atoms with E-state index in [2.05, 4.69) is 4.99 Å². The molecule has 0 N–H and O–H groups in total. The quantitative estimate of drug-likeness (QED) is 0.803. The van der Waals surface area contributed by atoms with Crippen molar-refractivity contribution < 1.29 is 17.0 Å². The molecule has 2 aliphatic rings. The molecule has 0 aromatic heterocycles. The van der Waals surface area contributed by atoms with E-state index in [0.29, 0.717) is 12.2 Å². The highest BCUT2D eigenvalue weighted by Crippen LogP contribution is 2.27. The van der Waals surface area contributed by atoms with Gasteiger partial charge in [-0.15, -0.1) is 0 Å². The second-order valence-corrected chi connectivity index (χ2v) is 5.85. The minimum absolute atomic E-state index is 0.109. The van der Waals surface area contributed by atoms with Crippen LogP contribution in [0.2, 0.25) is 0 Å². The third-order valence-corrected chi connectivity index (χ3v) is 4.23. The fourth-order valence-corrected chi connectivity index (χ4v) is 3.00. The molecule has 0 spiro atoms. The molecule has 0 saturated carbocycles. The number of fused-ring (bicyclic) bond motifs is 1. The van der Waals surface area contributed by atoms with Crippen LogP contribution in [-0.4, -0.2) is 26.1 Å². The third kappa shape index (κ3) is 2.59. The lowest BCUT2D eigenvalue weighted by molar-refractivity contribution is 0.375. The van der Waals surface area contributed by atoms with Crippen molar-refractivity contribution in [3.63, 3.8) is 0 Å². The summed E-state index contributed by atoms with van der Waals surface area (Å²) in [7, 11) is -4.24. The number of allylic oxidation sites excluding steroid dienone is 2. The predicted molar refractivity (Wildman–Crippen MR) is 75.2 cm³/mol. The van der Waals surface area contributed by atoms with E-state index in [1.165, 1.54) is 24.4 Å². The summed E-state index contributed by atoms with van der Waals surface area (Å²) in [5.41, 5.74) is 0.514. The van der Waals surface area contributed by atoms with E-state index in [1.54, 1.807) is 23.4 Å². The zero-order valence-corrected chi connectivity index (χ0v) is 11.6. The highest BCUT2D eigenvalue weighted by atomic mass is 32.2. The van der Waals surface area contributed by atoms with Crippen molar-refractivity contribution in [1.29, 1.82) is 0 Å². The molecule has 0 fully saturated rings. The molecule has 1 aromatic rings. The van der Waals surface area contributed by atoms with Crippen LogP contribution in [0.3, 0.4) is 0 Å². The Labute approximate surface area is 121 Å². The van der Waals surface area contributed by atoms with Gasteiger partial charge in [0, 0.05) is 12.4 Å². The Kier molecular flexibility index (Phi) is 3.34. The molecular formula is C14H11FN2O3S. The zero-order valence-electron chi connectivity index (χ0n) is 10.8. The van der Waals surface area contributed by atoms with Crippen LogP contribution in [0.4, 0.5) is 4.39 Å². The Morgan fingerprint density at radius 3 is 2.90 bits per heavy atom. The second kappa shape index (κ2) is 5.17. The van der Waals surface area contributed by atoms with Crippen molar-refractivity contribution >= 4 is 16.3 Å². The topological polar surface area (TPSA) is 59.0 Å². The van der Waals surface area contributed by atoms with Gasteiger partial charge in [-0.2, -0.15) is 8.42 Å². The average molecular weight is 306 g/mol. The number of rotatable bonds is 3. The first-order chi connectivity index (χ1) is 10.1. The first kappa shape index (κ1) is 13.6. The molecule has 1 aromatic carbocycles. The van der Waals surface area contributed by atoms with Gasteiger partial charge in [0.15, 0.2) is 5.76 Å². The standard InChI is InChI=1S/C14H11FN2O3S/c15-11-4-1-2-6-14(11)21(18,19)20-13-5-3-8-17-9-7-16-10-12(13)17/h1-8,10H,9H2. The Morgan fingerprint density at radius 2 is 2.10 bits per heavy atom. The highest BCUT2D eigenvalue weighted by molar-refractivity contribution is 7.86. The Morgan fingerprint density at radius 1 is 1.29 bits per heavy atom. The smallest absolute Gasteiger partial charge is 0.342 e. The van der Waals surface area contributed by atoms with Crippen molar-refractivity contribution in [3.8, 4) is 0 Å². The van der Waals surface area contributed by atoms with Crippen LogP contribution >= 0.6 is 0 Å². The predicted octanol–water partition coefficient (Wildman–Crippen LogP) is 2.17. The van der Waals surface area contributed by atoms with E-state index in [-0.39, 0.29) is 5.76 Å². The minimum atomic E-state index is -4.24. The Balaban J connectivity index is 1.94. The lowest BCUT2D eigenvalue weighted by atomic mass is 10.2. The molecule has 21 heavy (non-hydrogen) atoms. The molecule has 0 unspecified atom stereocenters. The van der Waals surface area contributed by atoms with Crippen LogP contribution < -0.4 is 0 Å². The van der Waals surface area contributed by atoms with Gasteiger partial charge in [0.05, 0.1) is 12.7 Å². The molecule has 0 amide bonds. The Bertz CT molecular complexity index is 794. The maximum atomic E-state index is 13.6. The molecule has 2 aliphatic heterocycles. The molecule has 3 rings (SSSR count). The van der Waals surface area contributed by atoms with Gasteiger partial charge in [0.1, 0.15) is 16.4 Å². The highest BCUT2D eigenvalue weighted by Gasteiger charge is 2.26. The van der Waals surface area contributed by atoms with Crippen molar-refractivity contribution in [3.05, 3.63) is 66.1 Å². The van der Waals surface area contributed by atoms with Gasteiger partial charge in [-0.3, -0.25) is 4.99 Å². The van der Waals surface area contributed by atoms with Gasteiger partial charge in [-0.1, -0.05) is 12.1 Å². The van der Waals surface area contributed by atoms with Gasteiger partial charge in [-0.05, 0) is 24.3 Å². The van der Waals surface area contributed by atoms with Crippen LogP contribution in [0.15, 0.2) is 70.2 Å². The maximum Gasteiger partial charge on any atom is 0.342 e. The van der Waals surface area contributed by atoms with E-state index < -0.39 is 20.8 Å². The van der Waals surface area contributed by atoms with Crippen molar-refractivity contribution in [2.24, 2.45) is 4.99 Å². The summed E-state index contributed by atoms with van der Waals surface area (Å²) >= 11 is 0. The Hall–Kier alpha value is -2.41. The SMILES string of the molecule is O=S(=O)(OC1=CC=CN2CC=NC=C12)c1ccccc1F. The summed E-state index contributed by atoms with van der Waals surface area (Å²) in [5, 5.41) is 0. The van der Waals surface area contributed by atoms with Gasteiger partial charge in [0.2, 0.25) is 0 Å². The first-order valence-electron chi connectivity index (χ1n) is 6.14. The molecule has 0 radical (unpaired) electrons. The van der Waals surface area contributed by atoms with Gasteiger partial charge in [-0.25, -0.2) is 4.39 Å². The second-order valence-electron chi connectivity index (χ2n) is 4.34. The van der Waals surface area contributed by atoms with Gasteiger partial charge < -0.3 is 9.08 Å². The van der Waals surface area contributed by atoms with Crippen molar-refractivity contribution in [1.82, 2.24) is 4.90 Å². The molecular weight excluding hydrogens is 295 g/mol. The van der Waals surface area contributed by atoms with Crippen LogP contribution in [0.5, 0.6) is 0 Å². The summed E-state index contributed by atoms with van der Waals surface area (Å²) < 4.78 is 43.1. The number of hydrogen-bond donors (Lipinski definition) is 0. The molecule has 0 aliphatic carbocycles. The first-order valence-corrected chi connectivity index (χ1v) is 7.55. The van der Waals surface area contributed by atoms with Crippen LogP contribution in [0.25, 0.3) is 0 Å². The van der Waals surface area contributed by atoms with E-state index in [0.717, 1.165) is 12.1 Å². The number of benzene rings is 1. The fourth-order valence-electron chi connectivity index (χ4n) is 1.98. The fraction of sp³-hybridized carbons (Fsp3) is 0.0714. The largest absolute Gasteiger partial charge is 0.377 e. The summed E-state index contributed by atoms with van der Waals surface area (Å²) in [4.78, 5) is 5.26. The van der Waals surface area contributed by atoms with Gasteiger partial charge >= 0.3 is 10.1 Å². The van der Waals surface area contributed by atoms with Gasteiger partial charge in [0.25, 0.3) is 0 Å². The van der Waals surface area contributed by atoms with Crippen LogP contribution in [0.1, 0.15) is 0 Å². The molecule has 108 valence electrons. The number of hydrogen-bond acceptors (Lipinski definition) is 5. The van der Waals surface area contributed by atoms with E-state index in [1.807, 2.05) is 0 Å². The monoisotopic (exact) mass is 306 g/mol. The lowest BCUT2D eigenvalue weighted by Crippen LogP contribution is -2.26. The normalized spacial score (nSPS) is 17.1. The van der Waals surface area contributed by atoms with E-state index >= 15 is 0 Å². The molecule has 0 bridgehead atoms. The van der Waals surface area contributed by atoms with Crippen LogP contribution in [0, 0.1) is 5.82 Å². The van der Waals surface area contributed by atoms with E-state index in [9.17, 15) is 12.8 Å². The summed E-state index contributed by atoms with van der Waals surface area (Å²) in [6.45, 7) is 0.517. The molecule has 5 nitrogen and oxygen atoms in total. The number of nitrogens with zero attached hydrogens (tertiary/aromatic N) is 2. The molecule has 2 heterocycles. The minimum Gasteiger partial charge on any atom is -0.377 e. The summed E-state index contributed by atoms with van der Waals surface area (Å²) in [6.07, 6.45) is 8.11. The van der Waals surface area contributed by atoms with E-state index in [4.69, 9.17) is 4.18 Å². The summed E-state index contributed by atoms with van der Waals surface area (Å²) in [5.74, 6) is -0.741.